The van der Waals surface area contributed by atoms with Crippen molar-refractivity contribution in [2.45, 2.75) is 19.4 Å². The van der Waals surface area contributed by atoms with Gasteiger partial charge in [-0.05, 0) is 31.6 Å². The van der Waals surface area contributed by atoms with Crippen molar-refractivity contribution >= 4 is 41.2 Å². The number of hydrogen-bond acceptors (Lipinski definition) is 2. The number of nitrogens with zero attached hydrogens (tertiary/aromatic N) is 1. The van der Waals surface area contributed by atoms with Crippen LogP contribution in [0.5, 0.6) is 0 Å². The smallest absolute Gasteiger partial charge is 0.308 e. The summed E-state index contributed by atoms with van der Waals surface area (Å²) in [5.74, 6) is -1.61. The Morgan fingerprint density at radius 3 is 2.48 bits per heavy atom. The SMILES string of the molecule is CC1C(C(=O)O)CCN1C(=O)C=Cc1c(Cl)cccc1Cl. The van der Waals surface area contributed by atoms with Crippen LogP contribution in [0.15, 0.2) is 24.3 Å². The van der Waals surface area contributed by atoms with Crippen LogP contribution in [0.3, 0.4) is 0 Å². The molecule has 1 aromatic rings. The molecule has 2 unspecified atom stereocenters. The summed E-state index contributed by atoms with van der Waals surface area (Å²) in [5, 5.41) is 10.00. The van der Waals surface area contributed by atoms with Crippen LogP contribution in [0.25, 0.3) is 6.08 Å². The largest absolute Gasteiger partial charge is 0.481 e. The first-order valence-corrected chi connectivity index (χ1v) is 7.33. The van der Waals surface area contributed by atoms with Crippen LogP contribution in [0, 0.1) is 5.92 Å². The first kappa shape index (κ1) is 15.9. The zero-order valence-corrected chi connectivity index (χ0v) is 12.9. The average molecular weight is 328 g/mol. The summed E-state index contributed by atoms with van der Waals surface area (Å²) < 4.78 is 0. The number of carbonyl (C=O) groups is 2. The van der Waals surface area contributed by atoms with Gasteiger partial charge in [0.05, 0.1) is 5.92 Å². The van der Waals surface area contributed by atoms with Gasteiger partial charge in [0.2, 0.25) is 5.91 Å². The molecule has 1 amide bonds. The van der Waals surface area contributed by atoms with E-state index >= 15 is 0 Å². The van der Waals surface area contributed by atoms with Crippen molar-refractivity contribution in [3.8, 4) is 0 Å². The van der Waals surface area contributed by atoms with Gasteiger partial charge < -0.3 is 10.0 Å². The highest BCUT2D eigenvalue weighted by molar-refractivity contribution is 6.37. The summed E-state index contributed by atoms with van der Waals surface area (Å²) in [4.78, 5) is 24.8. The summed E-state index contributed by atoms with van der Waals surface area (Å²) in [6.45, 7) is 2.19. The Labute approximate surface area is 133 Å². The number of benzene rings is 1. The second-order valence-corrected chi connectivity index (χ2v) is 5.79. The maximum Gasteiger partial charge on any atom is 0.308 e. The average Bonchev–Trinajstić information content (AvgIpc) is 2.80. The molecule has 0 aliphatic carbocycles. The number of carboxylic acids is 1. The third-order valence-electron chi connectivity index (χ3n) is 3.75. The zero-order valence-electron chi connectivity index (χ0n) is 11.4. The molecule has 1 saturated heterocycles. The summed E-state index contributed by atoms with van der Waals surface area (Å²) in [6.07, 6.45) is 3.42. The minimum Gasteiger partial charge on any atom is -0.481 e. The molecule has 112 valence electrons. The van der Waals surface area contributed by atoms with Crippen molar-refractivity contribution < 1.29 is 14.7 Å². The molecule has 0 spiro atoms. The van der Waals surface area contributed by atoms with Gasteiger partial charge in [0.25, 0.3) is 0 Å². The van der Waals surface area contributed by atoms with E-state index in [1.165, 1.54) is 6.08 Å². The molecule has 1 aliphatic heterocycles. The van der Waals surface area contributed by atoms with Crippen molar-refractivity contribution in [1.29, 1.82) is 0 Å². The minimum atomic E-state index is -0.865. The first-order chi connectivity index (χ1) is 9.91. The highest BCUT2D eigenvalue weighted by Crippen LogP contribution is 2.27. The molecule has 0 radical (unpaired) electrons. The maximum absolute atomic E-state index is 12.2. The number of amides is 1. The van der Waals surface area contributed by atoms with Crippen molar-refractivity contribution in [3.63, 3.8) is 0 Å². The standard InChI is InChI=1S/C15H15Cl2NO3/c1-9-10(15(20)21)7-8-18(9)14(19)6-5-11-12(16)3-2-4-13(11)17/h2-6,9-10H,7-8H2,1H3,(H,20,21). The number of carboxylic acid groups (broad SMARTS) is 1. The Kier molecular flexibility index (Phi) is 4.91. The Hall–Kier alpha value is -1.52. The summed E-state index contributed by atoms with van der Waals surface area (Å²) >= 11 is 12.1. The summed E-state index contributed by atoms with van der Waals surface area (Å²) in [6, 6.07) is 4.79. The van der Waals surface area contributed by atoms with Gasteiger partial charge in [0.1, 0.15) is 0 Å². The van der Waals surface area contributed by atoms with Crippen molar-refractivity contribution in [2.75, 3.05) is 6.54 Å². The van der Waals surface area contributed by atoms with Crippen LogP contribution in [0.4, 0.5) is 0 Å². The summed E-state index contributed by atoms with van der Waals surface area (Å²) in [5.41, 5.74) is 0.579. The van der Waals surface area contributed by atoms with Crippen molar-refractivity contribution in [3.05, 3.63) is 39.9 Å². The number of likely N-dealkylation sites (tertiary alicyclic amines) is 1. The molecule has 1 N–H and O–H groups in total. The molecule has 1 aliphatic rings. The van der Waals surface area contributed by atoms with E-state index in [9.17, 15) is 9.59 Å². The van der Waals surface area contributed by atoms with Gasteiger partial charge in [0, 0.05) is 34.3 Å². The van der Waals surface area contributed by atoms with E-state index in [1.807, 2.05) is 0 Å². The fourth-order valence-corrected chi connectivity index (χ4v) is 3.02. The van der Waals surface area contributed by atoms with Gasteiger partial charge in [-0.2, -0.15) is 0 Å². The lowest BCUT2D eigenvalue weighted by molar-refractivity contribution is -0.142. The quantitative estimate of drug-likeness (QED) is 0.866. The Morgan fingerprint density at radius 1 is 1.33 bits per heavy atom. The van der Waals surface area contributed by atoms with E-state index in [2.05, 4.69) is 0 Å². The van der Waals surface area contributed by atoms with Crippen LogP contribution in [-0.2, 0) is 9.59 Å². The number of halogens is 2. The number of carbonyl (C=O) groups excluding carboxylic acids is 1. The molecule has 0 saturated carbocycles. The van der Waals surface area contributed by atoms with Crippen LogP contribution in [0.1, 0.15) is 18.9 Å². The molecule has 4 nitrogen and oxygen atoms in total. The molecular weight excluding hydrogens is 313 g/mol. The van der Waals surface area contributed by atoms with Gasteiger partial charge in [-0.15, -0.1) is 0 Å². The number of rotatable bonds is 3. The van der Waals surface area contributed by atoms with Crippen LogP contribution < -0.4 is 0 Å². The number of hydrogen-bond donors (Lipinski definition) is 1. The Morgan fingerprint density at radius 2 is 1.95 bits per heavy atom. The van der Waals surface area contributed by atoms with Crippen LogP contribution in [0.2, 0.25) is 10.0 Å². The summed E-state index contributed by atoms with van der Waals surface area (Å²) in [7, 11) is 0. The first-order valence-electron chi connectivity index (χ1n) is 6.57. The lowest BCUT2D eigenvalue weighted by Gasteiger charge is -2.21. The monoisotopic (exact) mass is 327 g/mol. The molecule has 2 rings (SSSR count). The lowest BCUT2D eigenvalue weighted by Crippen LogP contribution is -2.36. The lowest BCUT2D eigenvalue weighted by atomic mass is 10.0. The molecule has 0 bridgehead atoms. The maximum atomic E-state index is 12.2. The molecule has 21 heavy (non-hydrogen) atoms. The molecular formula is C15H15Cl2NO3. The predicted molar refractivity (Wildman–Crippen MR) is 82.4 cm³/mol. The molecule has 2 atom stereocenters. The topological polar surface area (TPSA) is 57.6 Å². The van der Waals surface area contributed by atoms with E-state index in [0.717, 1.165) is 0 Å². The normalized spacial score (nSPS) is 22.0. The highest BCUT2D eigenvalue weighted by Gasteiger charge is 2.37. The van der Waals surface area contributed by atoms with Gasteiger partial charge in [-0.3, -0.25) is 9.59 Å². The molecule has 1 fully saturated rings. The van der Waals surface area contributed by atoms with E-state index < -0.39 is 11.9 Å². The van der Waals surface area contributed by atoms with Crippen molar-refractivity contribution in [2.24, 2.45) is 5.92 Å². The van der Waals surface area contributed by atoms with Crippen molar-refractivity contribution in [1.82, 2.24) is 4.90 Å². The number of aliphatic carboxylic acids is 1. The third-order valence-corrected chi connectivity index (χ3v) is 4.41. The minimum absolute atomic E-state index is 0.234. The molecule has 0 aromatic heterocycles. The molecule has 1 aromatic carbocycles. The van der Waals surface area contributed by atoms with E-state index in [-0.39, 0.29) is 11.9 Å². The van der Waals surface area contributed by atoms with E-state index in [1.54, 1.807) is 36.1 Å². The predicted octanol–water partition coefficient (Wildman–Crippen LogP) is 3.33. The van der Waals surface area contributed by atoms with E-state index in [4.69, 9.17) is 28.3 Å². The van der Waals surface area contributed by atoms with Gasteiger partial charge in [-0.25, -0.2) is 0 Å². The van der Waals surface area contributed by atoms with E-state index in [0.29, 0.717) is 28.6 Å². The Bertz CT molecular complexity index is 580. The van der Waals surface area contributed by atoms with Gasteiger partial charge >= 0.3 is 5.97 Å². The van der Waals surface area contributed by atoms with Gasteiger partial charge in [0.15, 0.2) is 0 Å². The fraction of sp³-hybridized carbons (Fsp3) is 0.333. The third kappa shape index (κ3) is 3.39. The van der Waals surface area contributed by atoms with Crippen LogP contribution >= 0.6 is 23.2 Å². The Balaban J connectivity index is 2.12. The second kappa shape index (κ2) is 6.50. The molecule has 6 heteroatoms. The molecule has 1 heterocycles. The highest BCUT2D eigenvalue weighted by atomic mass is 35.5. The fourth-order valence-electron chi connectivity index (χ4n) is 2.50. The van der Waals surface area contributed by atoms with Crippen LogP contribution in [-0.4, -0.2) is 34.5 Å². The second-order valence-electron chi connectivity index (χ2n) is 4.97. The van der Waals surface area contributed by atoms with Gasteiger partial charge in [-0.1, -0.05) is 29.3 Å². The zero-order chi connectivity index (χ0) is 15.6.